The van der Waals surface area contributed by atoms with Crippen molar-refractivity contribution in [2.75, 3.05) is 6.61 Å². The Balaban J connectivity index is 2.88. The lowest BCUT2D eigenvalue weighted by Crippen LogP contribution is -2.32. The zero-order valence-electron chi connectivity index (χ0n) is 14.7. The molecule has 1 aromatic rings. The van der Waals surface area contributed by atoms with Gasteiger partial charge in [-0.15, -0.1) is 0 Å². The number of rotatable bonds is 7. The summed E-state index contributed by atoms with van der Waals surface area (Å²) >= 11 is 0. The van der Waals surface area contributed by atoms with E-state index in [0.29, 0.717) is 6.42 Å². The average molecular weight is 334 g/mol. The van der Waals surface area contributed by atoms with Gasteiger partial charge in [0.1, 0.15) is 5.60 Å². The molecule has 0 heterocycles. The van der Waals surface area contributed by atoms with Crippen LogP contribution >= 0.6 is 0 Å². The van der Waals surface area contributed by atoms with Crippen LogP contribution in [0.4, 0.5) is 0 Å². The number of carbonyl (C=O) groups excluding carboxylic acids is 2. The highest BCUT2D eigenvalue weighted by Crippen LogP contribution is 2.16. The molecule has 0 aliphatic rings. The van der Waals surface area contributed by atoms with Crippen molar-refractivity contribution >= 4 is 11.9 Å². The Morgan fingerprint density at radius 3 is 2.38 bits per heavy atom. The van der Waals surface area contributed by atoms with Gasteiger partial charge < -0.3 is 14.6 Å². The van der Waals surface area contributed by atoms with E-state index < -0.39 is 29.6 Å². The Hall–Kier alpha value is -2.14. The van der Waals surface area contributed by atoms with E-state index in [1.807, 2.05) is 30.3 Å². The van der Waals surface area contributed by atoms with Crippen LogP contribution < -0.4 is 0 Å². The van der Waals surface area contributed by atoms with Crippen LogP contribution in [0.1, 0.15) is 33.3 Å². The van der Waals surface area contributed by atoms with Gasteiger partial charge in [0, 0.05) is 12.0 Å². The first-order valence-corrected chi connectivity index (χ1v) is 8.02. The number of ether oxygens (including phenoxy) is 2. The predicted molar refractivity (Wildman–Crippen MR) is 91.3 cm³/mol. The summed E-state index contributed by atoms with van der Waals surface area (Å²) in [6.07, 6.45) is 1.81. The van der Waals surface area contributed by atoms with E-state index in [1.165, 1.54) is 12.2 Å². The number of aliphatic hydroxyl groups excluding tert-OH is 1. The lowest BCUT2D eigenvalue weighted by atomic mass is 9.93. The maximum Gasteiger partial charge on any atom is 0.335 e. The molecule has 0 amide bonds. The summed E-state index contributed by atoms with van der Waals surface area (Å²) in [6, 6.07) is 9.43. The van der Waals surface area contributed by atoms with Gasteiger partial charge in [-0.25, -0.2) is 9.59 Å². The standard InChI is InChI=1S/C19H26O5/c1-5-23-18(22)17(21)15(13-14-9-7-6-8-10-14)11-12-16(20)24-19(2,3)4/h6-12,15,17,21H,5,13H2,1-4H3/b12-11+/t15-,17+/m0/s1. The fraction of sp³-hybridized carbons (Fsp3) is 0.474. The zero-order valence-corrected chi connectivity index (χ0v) is 14.7. The van der Waals surface area contributed by atoms with Gasteiger partial charge in [0.05, 0.1) is 6.61 Å². The Labute approximate surface area is 143 Å². The lowest BCUT2D eigenvalue weighted by Gasteiger charge is -2.20. The predicted octanol–water partition coefficient (Wildman–Crippen LogP) is 2.67. The van der Waals surface area contributed by atoms with Crippen molar-refractivity contribution in [1.29, 1.82) is 0 Å². The molecule has 0 aliphatic carbocycles. The third kappa shape index (κ3) is 7.42. The fourth-order valence-corrected chi connectivity index (χ4v) is 2.11. The van der Waals surface area contributed by atoms with Gasteiger partial charge in [-0.1, -0.05) is 36.4 Å². The second-order valence-electron chi connectivity index (χ2n) is 6.44. The summed E-state index contributed by atoms with van der Waals surface area (Å²) in [5.41, 5.74) is 0.343. The molecule has 0 spiro atoms. The summed E-state index contributed by atoms with van der Waals surface area (Å²) in [5, 5.41) is 10.2. The van der Waals surface area contributed by atoms with Crippen molar-refractivity contribution in [3.63, 3.8) is 0 Å². The van der Waals surface area contributed by atoms with Crippen molar-refractivity contribution in [2.45, 2.75) is 45.8 Å². The summed E-state index contributed by atoms with van der Waals surface area (Å²) in [6.45, 7) is 7.17. The van der Waals surface area contributed by atoms with E-state index in [4.69, 9.17) is 9.47 Å². The minimum Gasteiger partial charge on any atom is -0.464 e. The number of esters is 2. The first-order valence-electron chi connectivity index (χ1n) is 8.02. The normalized spacial score (nSPS) is 14.2. The molecule has 0 unspecified atom stereocenters. The first kappa shape index (κ1) is 19.9. The molecule has 1 aromatic carbocycles. The number of carbonyl (C=O) groups is 2. The number of aliphatic hydroxyl groups is 1. The summed E-state index contributed by atoms with van der Waals surface area (Å²) in [4.78, 5) is 23.7. The van der Waals surface area contributed by atoms with Crippen LogP contribution in [0.2, 0.25) is 0 Å². The van der Waals surface area contributed by atoms with Crippen LogP contribution in [0.25, 0.3) is 0 Å². The molecule has 0 radical (unpaired) electrons. The summed E-state index contributed by atoms with van der Waals surface area (Å²) in [5.74, 6) is -1.80. The molecule has 0 saturated carbocycles. The van der Waals surface area contributed by atoms with Crippen LogP contribution in [0.3, 0.4) is 0 Å². The maximum atomic E-state index is 11.8. The Bertz CT molecular complexity index is 557. The maximum absolute atomic E-state index is 11.8. The molecule has 132 valence electrons. The Kier molecular flexibility index (Phi) is 7.65. The highest BCUT2D eigenvalue weighted by molar-refractivity contribution is 5.82. The van der Waals surface area contributed by atoms with Crippen LogP contribution in [0.15, 0.2) is 42.5 Å². The SMILES string of the molecule is CCOC(=O)[C@H](O)[C@@H](/C=C/C(=O)OC(C)(C)C)Cc1ccccc1. The monoisotopic (exact) mass is 334 g/mol. The van der Waals surface area contributed by atoms with Gasteiger partial charge >= 0.3 is 11.9 Å². The minimum absolute atomic E-state index is 0.184. The third-order valence-electron chi connectivity index (χ3n) is 3.13. The molecule has 0 aromatic heterocycles. The van der Waals surface area contributed by atoms with E-state index in [-0.39, 0.29) is 6.61 Å². The van der Waals surface area contributed by atoms with Crippen LogP contribution in [-0.2, 0) is 25.5 Å². The van der Waals surface area contributed by atoms with Crippen LogP contribution in [-0.4, -0.2) is 35.4 Å². The molecule has 0 bridgehead atoms. The molecule has 1 rings (SSSR count). The van der Waals surface area contributed by atoms with Crippen LogP contribution in [0, 0.1) is 5.92 Å². The second kappa shape index (κ2) is 9.23. The number of benzene rings is 1. The molecular weight excluding hydrogens is 308 g/mol. The molecule has 0 aliphatic heterocycles. The van der Waals surface area contributed by atoms with Crippen molar-refractivity contribution < 1.29 is 24.2 Å². The summed E-state index contributed by atoms with van der Waals surface area (Å²) < 4.78 is 10.1. The largest absolute Gasteiger partial charge is 0.464 e. The third-order valence-corrected chi connectivity index (χ3v) is 3.13. The molecule has 5 nitrogen and oxygen atoms in total. The molecule has 2 atom stereocenters. The lowest BCUT2D eigenvalue weighted by molar-refractivity contribution is -0.155. The van der Waals surface area contributed by atoms with Gasteiger partial charge in [0.15, 0.2) is 6.10 Å². The first-order chi connectivity index (χ1) is 11.2. The van der Waals surface area contributed by atoms with Gasteiger partial charge in [-0.2, -0.15) is 0 Å². The van der Waals surface area contributed by atoms with Crippen molar-refractivity contribution in [3.8, 4) is 0 Å². The van der Waals surface area contributed by atoms with Crippen molar-refractivity contribution in [1.82, 2.24) is 0 Å². The number of hydrogen-bond acceptors (Lipinski definition) is 5. The second-order valence-corrected chi connectivity index (χ2v) is 6.44. The highest BCUT2D eigenvalue weighted by Gasteiger charge is 2.26. The highest BCUT2D eigenvalue weighted by atomic mass is 16.6. The van der Waals surface area contributed by atoms with E-state index in [9.17, 15) is 14.7 Å². The van der Waals surface area contributed by atoms with Crippen molar-refractivity contribution in [3.05, 3.63) is 48.0 Å². The molecule has 0 saturated heterocycles. The molecule has 24 heavy (non-hydrogen) atoms. The Morgan fingerprint density at radius 2 is 1.83 bits per heavy atom. The molecule has 1 N–H and O–H groups in total. The molecule has 5 heteroatoms. The quantitative estimate of drug-likeness (QED) is 0.613. The van der Waals surface area contributed by atoms with E-state index in [2.05, 4.69) is 0 Å². The van der Waals surface area contributed by atoms with Gasteiger partial charge in [0.2, 0.25) is 0 Å². The van der Waals surface area contributed by atoms with Crippen LogP contribution in [0.5, 0.6) is 0 Å². The average Bonchev–Trinajstić information content (AvgIpc) is 2.50. The van der Waals surface area contributed by atoms with Gasteiger partial charge in [0.25, 0.3) is 0 Å². The molecule has 0 fully saturated rings. The fourth-order valence-electron chi connectivity index (χ4n) is 2.11. The van der Waals surface area contributed by atoms with Gasteiger partial charge in [-0.3, -0.25) is 0 Å². The number of hydrogen-bond donors (Lipinski definition) is 1. The topological polar surface area (TPSA) is 72.8 Å². The summed E-state index contributed by atoms with van der Waals surface area (Å²) in [7, 11) is 0. The van der Waals surface area contributed by atoms with E-state index in [0.717, 1.165) is 5.56 Å². The van der Waals surface area contributed by atoms with Gasteiger partial charge in [-0.05, 0) is 39.7 Å². The smallest absolute Gasteiger partial charge is 0.335 e. The molecular formula is C19H26O5. The van der Waals surface area contributed by atoms with E-state index in [1.54, 1.807) is 27.7 Å². The van der Waals surface area contributed by atoms with E-state index >= 15 is 0 Å². The minimum atomic E-state index is -1.34. The van der Waals surface area contributed by atoms with Crippen molar-refractivity contribution in [2.24, 2.45) is 5.92 Å². The Morgan fingerprint density at radius 1 is 1.21 bits per heavy atom. The zero-order chi connectivity index (χ0) is 18.2.